The molecular formula is C22H37NO3Si. The Morgan fingerprint density at radius 1 is 0.815 bits per heavy atom. The molecule has 0 aliphatic rings. The highest BCUT2D eigenvalue weighted by molar-refractivity contribution is 6.71. The predicted molar refractivity (Wildman–Crippen MR) is 114 cm³/mol. The Labute approximate surface area is 166 Å². The molecule has 0 radical (unpaired) electrons. The molecule has 4 nitrogen and oxygen atoms in total. The minimum Gasteiger partial charge on any atom is -0.520 e. The molecule has 5 heteroatoms. The van der Waals surface area contributed by atoms with Crippen LogP contribution in [0.5, 0.6) is 0 Å². The van der Waals surface area contributed by atoms with Crippen molar-refractivity contribution in [2.24, 2.45) is 0 Å². The zero-order valence-electron chi connectivity index (χ0n) is 17.4. The molecule has 0 saturated heterocycles. The van der Waals surface area contributed by atoms with Crippen LogP contribution in [0.15, 0.2) is 30.3 Å². The van der Waals surface area contributed by atoms with E-state index in [-0.39, 0.29) is 11.9 Å². The van der Waals surface area contributed by atoms with Crippen LogP contribution < -0.4 is 5.32 Å². The van der Waals surface area contributed by atoms with Crippen molar-refractivity contribution in [3.8, 4) is 0 Å². The average molecular weight is 392 g/mol. The molecule has 152 valence electrons. The Kier molecular flexibility index (Phi) is 11.7. The molecular weight excluding hydrogens is 354 g/mol. The van der Waals surface area contributed by atoms with Crippen molar-refractivity contribution >= 4 is 20.2 Å². The van der Waals surface area contributed by atoms with Crippen molar-refractivity contribution in [3.63, 3.8) is 0 Å². The molecule has 1 amide bonds. The highest BCUT2D eigenvalue weighted by atomic mass is 28.4. The molecule has 27 heavy (non-hydrogen) atoms. The second-order valence-corrected chi connectivity index (χ2v) is 12.6. The average Bonchev–Trinajstić information content (AvgIpc) is 2.61. The first-order chi connectivity index (χ1) is 12.9. The van der Waals surface area contributed by atoms with Gasteiger partial charge in [-0.2, -0.15) is 0 Å². The Morgan fingerprint density at radius 3 is 1.89 bits per heavy atom. The molecule has 1 aromatic rings. The third-order valence-electron chi connectivity index (χ3n) is 4.30. The van der Waals surface area contributed by atoms with Crippen molar-refractivity contribution in [2.75, 3.05) is 6.54 Å². The van der Waals surface area contributed by atoms with Gasteiger partial charge in [-0.3, -0.25) is 9.59 Å². The maximum absolute atomic E-state index is 11.9. The molecule has 0 fully saturated rings. The lowest BCUT2D eigenvalue weighted by molar-refractivity contribution is -0.135. The topological polar surface area (TPSA) is 55.4 Å². The van der Waals surface area contributed by atoms with Gasteiger partial charge in [0.25, 0.3) is 11.9 Å². The first-order valence-electron chi connectivity index (χ1n) is 10.4. The van der Waals surface area contributed by atoms with Gasteiger partial charge in [0, 0.05) is 18.5 Å². The largest absolute Gasteiger partial charge is 0.520 e. The van der Waals surface area contributed by atoms with Crippen molar-refractivity contribution in [3.05, 3.63) is 35.9 Å². The van der Waals surface area contributed by atoms with Crippen molar-refractivity contribution in [1.29, 1.82) is 0 Å². The van der Waals surface area contributed by atoms with E-state index >= 15 is 0 Å². The van der Waals surface area contributed by atoms with E-state index < -0.39 is 8.32 Å². The summed E-state index contributed by atoms with van der Waals surface area (Å²) in [6.45, 7) is 6.88. The predicted octanol–water partition coefficient (Wildman–Crippen LogP) is 5.70. The third kappa shape index (κ3) is 13.2. The van der Waals surface area contributed by atoms with Gasteiger partial charge in [-0.15, -0.1) is 0 Å². The van der Waals surface area contributed by atoms with Gasteiger partial charge in [-0.1, -0.05) is 63.1 Å². The van der Waals surface area contributed by atoms with E-state index in [0.717, 1.165) is 37.8 Å². The number of rotatable bonds is 14. The SMILES string of the molecule is C[Si](C)(C)OC(=O)CCCCCCCCCCCNC(=O)c1ccccc1. The summed E-state index contributed by atoms with van der Waals surface area (Å²) in [4.78, 5) is 23.5. The third-order valence-corrected chi connectivity index (χ3v) is 5.14. The Hall–Kier alpha value is -1.62. The fourth-order valence-corrected chi connectivity index (χ4v) is 3.70. The number of unbranched alkanes of at least 4 members (excludes halogenated alkanes) is 8. The fraction of sp³-hybridized carbons (Fsp3) is 0.636. The van der Waals surface area contributed by atoms with Gasteiger partial charge in [-0.25, -0.2) is 0 Å². The summed E-state index contributed by atoms with van der Waals surface area (Å²) in [5.74, 6) is -0.00199. The lowest BCUT2D eigenvalue weighted by Gasteiger charge is -2.17. The van der Waals surface area contributed by atoms with Crippen LogP contribution in [-0.4, -0.2) is 26.7 Å². The number of hydrogen-bond acceptors (Lipinski definition) is 3. The monoisotopic (exact) mass is 391 g/mol. The first-order valence-corrected chi connectivity index (χ1v) is 13.8. The second kappa shape index (κ2) is 13.5. The lowest BCUT2D eigenvalue weighted by Crippen LogP contribution is -2.28. The van der Waals surface area contributed by atoms with Crippen molar-refractivity contribution in [1.82, 2.24) is 5.32 Å². The standard InChI is InChI=1S/C22H37NO3Si/c1-27(2,3)26-21(24)18-14-9-7-5-4-6-8-10-15-19-23-22(25)20-16-12-11-13-17-20/h11-13,16-17H,4-10,14-15,18-19H2,1-3H3,(H,23,25). The minimum atomic E-state index is -1.72. The number of carbonyl (C=O) groups excluding carboxylic acids is 2. The molecule has 1 N–H and O–H groups in total. The van der Waals surface area contributed by atoms with Crippen LogP contribution in [0.1, 0.15) is 74.6 Å². The molecule has 1 aromatic carbocycles. The summed E-state index contributed by atoms with van der Waals surface area (Å²) in [6, 6.07) is 9.36. The molecule has 0 atom stereocenters. The summed E-state index contributed by atoms with van der Waals surface area (Å²) < 4.78 is 5.44. The van der Waals surface area contributed by atoms with Crippen LogP contribution in [0.2, 0.25) is 19.6 Å². The Bertz CT molecular complexity index is 540. The Balaban J connectivity index is 1.85. The number of nitrogens with one attached hydrogen (secondary N) is 1. The fourth-order valence-electron chi connectivity index (χ4n) is 2.92. The smallest absolute Gasteiger partial charge is 0.292 e. The van der Waals surface area contributed by atoms with Crippen LogP contribution in [0.4, 0.5) is 0 Å². The van der Waals surface area contributed by atoms with Gasteiger partial charge in [0.2, 0.25) is 8.32 Å². The van der Waals surface area contributed by atoms with Crippen LogP contribution in [0.25, 0.3) is 0 Å². The van der Waals surface area contributed by atoms with Crippen molar-refractivity contribution in [2.45, 2.75) is 83.8 Å². The summed E-state index contributed by atoms with van der Waals surface area (Å²) in [7, 11) is -1.72. The van der Waals surface area contributed by atoms with E-state index in [1.807, 2.05) is 50.0 Å². The van der Waals surface area contributed by atoms with E-state index in [9.17, 15) is 9.59 Å². The maximum atomic E-state index is 11.9. The summed E-state index contributed by atoms with van der Waals surface area (Å²) in [5.41, 5.74) is 0.728. The molecule has 0 saturated carbocycles. The lowest BCUT2D eigenvalue weighted by atomic mass is 10.1. The summed E-state index contributed by atoms with van der Waals surface area (Å²) in [5, 5.41) is 2.97. The number of amides is 1. The Morgan fingerprint density at radius 2 is 1.33 bits per heavy atom. The van der Waals surface area contributed by atoms with Gasteiger partial charge in [0.1, 0.15) is 0 Å². The normalized spacial score (nSPS) is 11.2. The zero-order valence-corrected chi connectivity index (χ0v) is 18.4. The van der Waals surface area contributed by atoms with Crippen LogP contribution >= 0.6 is 0 Å². The van der Waals surface area contributed by atoms with Crippen LogP contribution in [0.3, 0.4) is 0 Å². The summed E-state index contributed by atoms with van der Waals surface area (Å²) >= 11 is 0. The quantitative estimate of drug-likeness (QED) is 0.327. The number of carbonyl (C=O) groups is 2. The molecule has 1 rings (SSSR count). The van der Waals surface area contributed by atoms with E-state index in [4.69, 9.17) is 4.43 Å². The van der Waals surface area contributed by atoms with E-state index in [1.54, 1.807) is 0 Å². The van der Waals surface area contributed by atoms with E-state index in [0.29, 0.717) is 6.42 Å². The van der Waals surface area contributed by atoms with Crippen molar-refractivity contribution < 1.29 is 14.0 Å². The van der Waals surface area contributed by atoms with Gasteiger partial charge in [0.15, 0.2) is 0 Å². The van der Waals surface area contributed by atoms with Crippen LogP contribution in [-0.2, 0) is 9.22 Å². The van der Waals surface area contributed by atoms with Crippen LogP contribution in [0, 0.1) is 0 Å². The van der Waals surface area contributed by atoms with Gasteiger partial charge < -0.3 is 9.74 Å². The zero-order chi connectivity index (χ0) is 20.0. The molecule has 0 spiro atoms. The molecule has 0 aliphatic carbocycles. The molecule has 0 heterocycles. The number of hydrogen-bond donors (Lipinski definition) is 1. The van der Waals surface area contributed by atoms with E-state index in [1.165, 1.54) is 32.1 Å². The highest BCUT2D eigenvalue weighted by Gasteiger charge is 2.19. The molecule has 0 unspecified atom stereocenters. The minimum absolute atomic E-state index is 0.0179. The summed E-state index contributed by atoms with van der Waals surface area (Å²) in [6.07, 6.45) is 11.0. The maximum Gasteiger partial charge on any atom is 0.292 e. The molecule has 0 aliphatic heterocycles. The molecule has 0 bridgehead atoms. The highest BCUT2D eigenvalue weighted by Crippen LogP contribution is 2.12. The molecule has 0 aromatic heterocycles. The van der Waals surface area contributed by atoms with Gasteiger partial charge >= 0.3 is 0 Å². The first kappa shape index (κ1) is 23.4. The van der Waals surface area contributed by atoms with Gasteiger partial charge in [0.05, 0.1) is 0 Å². The second-order valence-electron chi connectivity index (χ2n) is 8.14. The number of benzene rings is 1. The van der Waals surface area contributed by atoms with Gasteiger partial charge in [-0.05, 0) is 44.6 Å². The van der Waals surface area contributed by atoms with E-state index in [2.05, 4.69) is 5.32 Å².